The van der Waals surface area contributed by atoms with Gasteiger partial charge < -0.3 is 15.2 Å². The van der Waals surface area contributed by atoms with Gasteiger partial charge in [0.15, 0.2) is 5.16 Å². The highest BCUT2D eigenvalue weighted by atomic mass is 35.5. The highest BCUT2D eigenvalue weighted by Crippen LogP contribution is 2.26. The van der Waals surface area contributed by atoms with Gasteiger partial charge in [-0.3, -0.25) is 9.59 Å². The SMILES string of the molecule is Cn1c(CCNC(=O)c2ccccc2F)nnc1SCC(=O)Nc1cc(Cl)ccc1Cl. The van der Waals surface area contributed by atoms with Gasteiger partial charge in [0.1, 0.15) is 11.6 Å². The number of aromatic nitrogens is 3. The molecule has 0 radical (unpaired) electrons. The van der Waals surface area contributed by atoms with Crippen molar-refractivity contribution < 1.29 is 14.0 Å². The highest BCUT2D eigenvalue weighted by Gasteiger charge is 2.14. The van der Waals surface area contributed by atoms with Crippen LogP contribution in [0.5, 0.6) is 0 Å². The van der Waals surface area contributed by atoms with Gasteiger partial charge in [0, 0.05) is 25.0 Å². The minimum Gasteiger partial charge on any atom is -0.351 e. The predicted molar refractivity (Wildman–Crippen MR) is 119 cm³/mol. The Morgan fingerprint density at radius 2 is 1.94 bits per heavy atom. The molecule has 0 fully saturated rings. The van der Waals surface area contributed by atoms with Gasteiger partial charge in [-0.1, -0.05) is 47.1 Å². The van der Waals surface area contributed by atoms with Crippen LogP contribution in [-0.2, 0) is 18.3 Å². The zero-order valence-corrected chi connectivity index (χ0v) is 18.7. The van der Waals surface area contributed by atoms with Crippen molar-refractivity contribution >= 4 is 52.5 Å². The van der Waals surface area contributed by atoms with Crippen molar-refractivity contribution in [1.29, 1.82) is 0 Å². The number of carbonyl (C=O) groups is 2. The number of hydrogen-bond acceptors (Lipinski definition) is 5. The van der Waals surface area contributed by atoms with Crippen LogP contribution in [0.25, 0.3) is 0 Å². The van der Waals surface area contributed by atoms with Crippen molar-refractivity contribution in [2.24, 2.45) is 7.05 Å². The number of rotatable bonds is 8. The molecule has 0 saturated heterocycles. The summed E-state index contributed by atoms with van der Waals surface area (Å²) in [7, 11) is 1.77. The molecule has 0 aliphatic rings. The molecule has 2 amide bonds. The van der Waals surface area contributed by atoms with E-state index in [1.807, 2.05) is 0 Å². The monoisotopic (exact) mass is 481 g/mol. The molecule has 7 nitrogen and oxygen atoms in total. The van der Waals surface area contributed by atoms with Crippen molar-refractivity contribution in [3.05, 3.63) is 69.7 Å². The second kappa shape index (κ2) is 10.6. The summed E-state index contributed by atoms with van der Waals surface area (Å²) in [6.45, 7) is 0.261. The third-order valence-corrected chi connectivity index (χ3v) is 5.80. The molecule has 162 valence electrons. The Balaban J connectivity index is 1.49. The zero-order valence-electron chi connectivity index (χ0n) is 16.4. The van der Waals surface area contributed by atoms with E-state index >= 15 is 0 Å². The first-order valence-corrected chi connectivity index (χ1v) is 10.9. The molecule has 0 aliphatic carbocycles. The fraction of sp³-hybridized carbons (Fsp3) is 0.200. The molecule has 2 aromatic carbocycles. The lowest BCUT2D eigenvalue weighted by Crippen LogP contribution is -2.27. The van der Waals surface area contributed by atoms with E-state index in [0.717, 1.165) is 0 Å². The normalized spacial score (nSPS) is 10.7. The first-order chi connectivity index (χ1) is 14.8. The molecule has 0 unspecified atom stereocenters. The van der Waals surface area contributed by atoms with E-state index in [-0.39, 0.29) is 23.8 Å². The Kier molecular flexibility index (Phi) is 7.89. The van der Waals surface area contributed by atoms with E-state index in [2.05, 4.69) is 20.8 Å². The van der Waals surface area contributed by atoms with Crippen LogP contribution in [0.2, 0.25) is 10.0 Å². The summed E-state index contributed by atoms with van der Waals surface area (Å²) >= 11 is 13.2. The Morgan fingerprint density at radius 1 is 1.16 bits per heavy atom. The van der Waals surface area contributed by atoms with E-state index in [4.69, 9.17) is 23.2 Å². The maximum Gasteiger partial charge on any atom is 0.254 e. The molecule has 2 N–H and O–H groups in total. The number of nitrogens with zero attached hydrogens (tertiary/aromatic N) is 3. The van der Waals surface area contributed by atoms with Gasteiger partial charge in [0.2, 0.25) is 5.91 Å². The van der Waals surface area contributed by atoms with Crippen molar-refractivity contribution in [3.8, 4) is 0 Å². The predicted octanol–water partition coefficient (Wildman–Crippen LogP) is 3.96. The van der Waals surface area contributed by atoms with Crippen molar-refractivity contribution in [3.63, 3.8) is 0 Å². The minimum atomic E-state index is -0.574. The fourth-order valence-electron chi connectivity index (χ4n) is 2.63. The second-order valence-electron chi connectivity index (χ2n) is 6.40. The van der Waals surface area contributed by atoms with Gasteiger partial charge in [-0.25, -0.2) is 4.39 Å². The molecule has 11 heteroatoms. The Morgan fingerprint density at radius 3 is 2.71 bits per heavy atom. The molecular weight excluding hydrogens is 464 g/mol. The number of nitrogens with one attached hydrogen (secondary N) is 2. The summed E-state index contributed by atoms with van der Waals surface area (Å²) in [5.41, 5.74) is 0.423. The third kappa shape index (κ3) is 6.19. The van der Waals surface area contributed by atoms with E-state index in [0.29, 0.717) is 33.1 Å². The van der Waals surface area contributed by atoms with Crippen molar-refractivity contribution in [2.45, 2.75) is 11.6 Å². The Hall–Kier alpha value is -2.62. The number of hydrogen-bond donors (Lipinski definition) is 2. The number of thioether (sulfide) groups is 1. The molecule has 1 heterocycles. The van der Waals surface area contributed by atoms with Crippen molar-refractivity contribution in [2.75, 3.05) is 17.6 Å². The lowest BCUT2D eigenvalue weighted by molar-refractivity contribution is -0.113. The van der Waals surface area contributed by atoms with Crippen LogP contribution in [0.1, 0.15) is 16.2 Å². The average Bonchev–Trinajstić information content (AvgIpc) is 3.09. The molecule has 3 aromatic rings. The van der Waals surface area contributed by atoms with Crippen LogP contribution in [0.4, 0.5) is 10.1 Å². The Labute approximate surface area is 192 Å². The van der Waals surface area contributed by atoms with Crippen LogP contribution in [0, 0.1) is 5.82 Å². The Bertz CT molecular complexity index is 1110. The number of halogens is 3. The van der Waals surface area contributed by atoms with Crippen LogP contribution in [0.15, 0.2) is 47.6 Å². The van der Waals surface area contributed by atoms with E-state index < -0.39 is 11.7 Å². The lowest BCUT2D eigenvalue weighted by Gasteiger charge is -2.08. The molecule has 31 heavy (non-hydrogen) atoms. The van der Waals surface area contributed by atoms with Gasteiger partial charge >= 0.3 is 0 Å². The molecular formula is C20H18Cl2FN5O2S. The van der Waals surface area contributed by atoms with Gasteiger partial charge in [-0.15, -0.1) is 10.2 Å². The highest BCUT2D eigenvalue weighted by molar-refractivity contribution is 7.99. The maximum absolute atomic E-state index is 13.7. The largest absolute Gasteiger partial charge is 0.351 e. The van der Waals surface area contributed by atoms with Crippen molar-refractivity contribution in [1.82, 2.24) is 20.1 Å². The summed E-state index contributed by atoms with van der Waals surface area (Å²) in [5.74, 6) is -0.620. The molecule has 3 rings (SSSR count). The van der Waals surface area contributed by atoms with Crippen LogP contribution >= 0.6 is 35.0 Å². The lowest BCUT2D eigenvalue weighted by atomic mass is 10.2. The summed E-state index contributed by atoms with van der Waals surface area (Å²) in [6.07, 6.45) is 0.397. The van der Waals surface area contributed by atoms with Crippen LogP contribution in [-0.4, -0.2) is 38.9 Å². The summed E-state index contributed by atoms with van der Waals surface area (Å²) < 4.78 is 15.4. The third-order valence-electron chi connectivity index (χ3n) is 4.21. The summed E-state index contributed by atoms with van der Waals surface area (Å²) in [5, 5.41) is 14.9. The molecule has 0 bridgehead atoms. The minimum absolute atomic E-state index is 0.0115. The summed E-state index contributed by atoms with van der Waals surface area (Å²) in [4.78, 5) is 24.3. The topological polar surface area (TPSA) is 88.9 Å². The molecule has 0 spiro atoms. The first kappa shape index (κ1) is 23.1. The van der Waals surface area contributed by atoms with E-state index in [1.54, 1.807) is 35.9 Å². The number of anilines is 1. The quantitative estimate of drug-likeness (QED) is 0.475. The number of carbonyl (C=O) groups excluding carboxylic acids is 2. The molecule has 1 aromatic heterocycles. The first-order valence-electron chi connectivity index (χ1n) is 9.14. The number of benzene rings is 2. The van der Waals surface area contributed by atoms with Gasteiger partial charge in [-0.2, -0.15) is 0 Å². The molecule has 0 saturated carbocycles. The zero-order chi connectivity index (χ0) is 22.4. The summed E-state index contributed by atoms with van der Waals surface area (Å²) in [6, 6.07) is 10.6. The average molecular weight is 482 g/mol. The number of amides is 2. The standard InChI is InChI=1S/C20H18Cl2FN5O2S/c1-28-17(8-9-24-19(30)13-4-2-3-5-15(13)23)26-27-20(28)31-11-18(29)25-16-10-12(21)6-7-14(16)22/h2-7,10H,8-9,11H2,1H3,(H,24,30)(H,25,29). The van der Waals surface area contributed by atoms with E-state index in [9.17, 15) is 14.0 Å². The molecule has 0 aliphatic heterocycles. The van der Waals surface area contributed by atoms with E-state index in [1.165, 1.54) is 30.0 Å². The van der Waals surface area contributed by atoms with Gasteiger partial charge in [0.25, 0.3) is 5.91 Å². The fourth-order valence-corrected chi connectivity index (χ4v) is 3.69. The van der Waals surface area contributed by atoms with Crippen LogP contribution in [0.3, 0.4) is 0 Å². The smallest absolute Gasteiger partial charge is 0.254 e. The maximum atomic E-state index is 13.7. The molecule has 0 atom stereocenters. The van der Waals surface area contributed by atoms with Gasteiger partial charge in [-0.05, 0) is 30.3 Å². The van der Waals surface area contributed by atoms with Crippen LogP contribution < -0.4 is 10.6 Å². The van der Waals surface area contributed by atoms with Gasteiger partial charge in [0.05, 0.1) is 22.0 Å². The second-order valence-corrected chi connectivity index (χ2v) is 8.19.